The van der Waals surface area contributed by atoms with E-state index in [1.165, 1.54) is 22.6 Å². The maximum atomic E-state index is 12.2. The Labute approximate surface area is 148 Å². The van der Waals surface area contributed by atoms with Gasteiger partial charge in [-0.2, -0.15) is 0 Å². The molecule has 0 fully saturated rings. The van der Waals surface area contributed by atoms with Crippen LogP contribution in [0.25, 0.3) is 31.3 Å². The quantitative estimate of drug-likeness (QED) is 0.404. The van der Waals surface area contributed by atoms with Crippen molar-refractivity contribution in [1.82, 2.24) is 0 Å². The first-order valence-electron chi connectivity index (χ1n) is 7.47. The Balaban J connectivity index is 2.06. The standard InChI is InChI=1S/C20H13ClO2S/c1-23-20(22)17-11-12(21)9-10-13(17)15-6-4-7-16-14-5-2-3-8-18(14)24-19(15)16/h2-11H,1H3. The third-order valence-electron chi connectivity index (χ3n) is 4.08. The monoisotopic (exact) mass is 352 g/mol. The van der Waals surface area contributed by atoms with E-state index in [4.69, 9.17) is 16.3 Å². The molecule has 1 heterocycles. The second kappa shape index (κ2) is 5.93. The van der Waals surface area contributed by atoms with Gasteiger partial charge >= 0.3 is 5.97 Å². The molecule has 0 saturated carbocycles. The number of carbonyl (C=O) groups is 1. The summed E-state index contributed by atoms with van der Waals surface area (Å²) in [4.78, 5) is 12.2. The summed E-state index contributed by atoms with van der Waals surface area (Å²) in [5.41, 5.74) is 2.34. The van der Waals surface area contributed by atoms with Gasteiger partial charge in [-0.25, -0.2) is 4.79 Å². The number of rotatable bonds is 2. The molecular weight excluding hydrogens is 340 g/mol. The number of fused-ring (bicyclic) bond motifs is 3. The Morgan fingerprint density at radius 3 is 2.58 bits per heavy atom. The van der Waals surface area contributed by atoms with Gasteiger partial charge < -0.3 is 4.74 Å². The van der Waals surface area contributed by atoms with Crippen LogP contribution < -0.4 is 0 Å². The Morgan fingerprint density at radius 1 is 0.958 bits per heavy atom. The molecule has 0 radical (unpaired) electrons. The summed E-state index contributed by atoms with van der Waals surface area (Å²) in [7, 11) is 1.38. The van der Waals surface area contributed by atoms with E-state index >= 15 is 0 Å². The van der Waals surface area contributed by atoms with E-state index in [0.717, 1.165) is 15.8 Å². The second-order valence-electron chi connectivity index (χ2n) is 5.46. The Bertz CT molecular complexity index is 1080. The van der Waals surface area contributed by atoms with Crippen molar-refractivity contribution in [3.8, 4) is 11.1 Å². The van der Waals surface area contributed by atoms with E-state index in [0.29, 0.717) is 10.6 Å². The summed E-state index contributed by atoms with van der Waals surface area (Å²) in [6.07, 6.45) is 0. The van der Waals surface area contributed by atoms with Crippen LogP contribution in [0.15, 0.2) is 60.7 Å². The summed E-state index contributed by atoms with van der Waals surface area (Å²) in [5, 5.41) is 2.94. The predicted molar refractivity (Wildman–Crippen MR) is 101 cm³/mol. The lowest BCUT2D eigenvalue weighted by molar-refractivity contribution is 0.0601. The molecule has 0 aliphatic rings. The molecule has 0 N–H and O–H groups in total. The van der Waals surface area contributed by atoms with Crippen molar-refractivity contribution in [2.75, 3.05) is 7.11 Å². The van der Waals surface area contributed by atoms with Gasteiger partial charge in [0.2, 0.25) is 0 Å². The van der Waals surface area contributed by atoms with Crippen molar-refractivity contribution in [2.45, 2.75) is 0 Å². The molecule has 3 aromatic carbocycles. The van der Waals surface area contributed by atoms with Gasteiger partial charge in [0.05, 0.1) is 12.7 Å². The third-order valence-corrected chi connectivity index (χ3v) is 5.54. The van der Waals surface area contributed by atoms with Gasteiger partial charge in [-0.1, -0.05) is 54.1 Å². The van der Waals surface area contributed by atoms with Gasteiger partial charge in [0.15, 0.2) is 0 Å². The molecule has 4 heteroatoms. The van der Waals surface area contributed by atoms with Gasteiger partial charge in [-0.15, -0.1) is 11.3 Å². The van der Waals surface area contributed by atoms with Crippen LogP contribution in [0.1, 0.15) is 10.4 Å². The largest absolute Gasteiger partial charge is 0.465 e. The smallest absolute Gasteiger partial charge is 0.338 e. The molecule has 4 rings (SSSR count). The highest BCUT2D eigenvalue weighted by Gasteiger charge is 2.17. The first kappa shape index (κ1) is 15.2. The van der Waals surface area contributed by atoms with E-state index in [1.54, 1.807) is 23.5 Å². The second-order valence-corrected chi connectivity index (χ2v) is 6.95. The Kier molecular flexibility index (Phi) is 3.75. The van der Waals surface area contributed by atoms with Crippen molar-refractivity contribution in [1.29, 1.82) is 0 Å². The predicted octanol–water partition coefficient (Wildman–Crippen LogP) is 6.16. The molecule has 2 nitrogen and oxygen atoms in total. The van der Waals surface area contributed by atoms with Gasteiger partial charge in [-0.3, -0.25) is 0 Å². The summed E-state index contributed by atoms with van der Waals surface area (Å²) < 4.78 is 7.32. The molecule has 0 aliphatic heterocycles. The van der Waals surface area contributed by atoms with Crippen molar-refractivity contribution < 1.29 is 9.53 Å². The van der Waals surface area contributed by atoms with Crippen molar-refractivity contribution in [3.63, 3.8) is 0 Å². The van der Waals surface area contributed by atoms with E-state index < -0.39 is 0 Å². The minimum atomic E-state index is -0.384. The van der Waals surface area contributed by atoms with Crippen molar-refractivity contribution in [3.05, 3.63) is 71.2 Å². The maximum Gasteiger partial charge on any atom is 0.338 e. The number of benzene rings is 3. The summed E-state index contributed by atoms with van der Waals surface area (Å²) in [6.45, 7) is 0. The number of ether oxygens (including phenoxy) is 1. The van der Waals surface area contributed by atoms with Gasteiger partial charge in [0.25, 0.3) is 0 Å². The number of hydrogen-bond donors (Lipinski definition) is 0. The topological polar surface area (TPSA) is 26.3 Å². The Hall–Kier alpha value is -2.36. The highest BCUT2D eigenvalue weighted by molar-refractivity contribution is 7.26. The zero-order valence-corrected chi connectivity index (χ0v) is 14.4. The van der Waals surface area contributed by atoms with Crippen LogP contribution in [0.3, 0.4) is 0 Å². The van der Waals surface area contributed by atoms with Crippen LogP contribution in [0.2, 0.25) is 5.02 Å². The molecular formula is C20H13ClO2S. The number of hydrogen-bond acceptors (Lipinski definition) is 3. The molecule has 0 unspecified atom stereocenters. The average Bonchev–Trinajstić information content (AvgIpc) is 3.00. The van der Waals surface area contributed by atoms with E-state index in [1.807, 2.05) is 30.3 Å². The molecule has 118 valence electrons. The van der Waals surface area contributed by atoms with Crippen LogP contribution >= 0.6 is 22.9 Å². The number of halogens is 1. The minimum Gasteiger partial charge on any atom is -0.465 e. The number of carbonyl (C=O) groups excluding carboxylic acids is 1. The number of methoxy groups -OCH3 is 1. The molecule has 4 aromatic rings. The minimum absolute atomic E-state index is 0.384. The molecule has 0 bridgehead atoms. The molecule has 0 aliphatic carbocycles. The maximum absolute atomic E-state index is 12.2. The lowest BCUT2D eigenvalue weighted by atomic mass is 9.98. The van der Waals surface area contributed by atoms with Crippen LogP contribution in [0.5, 0.6) is 0 Å². The van der Waals surface area contributed by atoms with Crippen LogP contribution in [-0.2, 0) is 4.74 Å². The van der Waals surface area contributed by atoms with E-state index in [2.05, 4.69) is 18.2 Å². The average molecular weight is 353 g/mol. The molecule has 0 amide bonds. The van der Waals surface area contributed by atoms with Crippen molar-refractivity contribution >= 4 is 49.1 Å². The normalized spacial score (nSPS) is 11.1. The van der Waals surface area contributed by atoms with E-state index in [-0.39, 0.29) is 5.97 Å². The number of esters is 1. The first-order chi connectivity index (χ1) is 11.7. The fourth-order valence-corrected chi connectivity index (χ4v) is 4.39. The lowest BCUT2D eigenvalue weighted by Gasteiger charge is -2.10. The first-order valence-corrected chi connectivity index (χ1v) is 8.67. The van der Waals surface area contributed by atoms with Crippen LogP contribution in [-0.4, -0.2) is 13.1 Å². The van der Waals surface area contributed by atoms with Gasteiger partial charge in [-0.05, 0) is 23.8 Å². The molecule has 0 atom stereocenters. The zero-order chi connectivity index (χ0) is 16.7. The molecule has 0 saturated heterocycles. The summed E-state index contributed by atoms with van der Waals surface area (Å²) in [5.74, 6) is -0.384. The Morgan fingerprint density at radius 2 is 1.75 bits per heavy atom. The molecule has 1 aromatic heterocycles. The van der Waals surface area contributed by atoms with Gasteiger partial charge in [0.1, 0.15) is 0 Å². The SMILES string of the molecule is COC(=O)c1cc(Cl)ccc1-c1cccc2c1sc1ccccc12. The number of thiophene rings is 1. The highest BCUT2D eigenvalue weighted by atomic mass is 35.5. The summed E-state index contributed by atoms with van der Waals surface area (Å²) >= 11 is 7.81. The van der Waals surface area contributed by atoms with Crippen molar-refractivity contribution in [2.24, 2.45) is 0 Å². The van der Waals surface area contributed by atoms with Gasteiger partial charge in [0, 0.05) is 30.8 Å². The molecule has 0 spiro atoms. The van der Waals surface area contributed by atoms with Crippen LogP contribution in [0, 0.1) is 0 Å². The summed E-state index contributed by atoms with van der Waals surface area (Å²) in [6, 6.07) is 19.8. The van der Waals surface area contributed by atoms with Crippen LogP contribution in [0.4, 0.5) is 0 Å². The fourth-order valence-electron chi connectivity index (χ4n) is 2.99. The highest BCUT2D eigenvalue weighted by Crippen LogP contribution is 2.41. The zero-order valence-electron chi connectivity index (χ0n) is 12.9. The fraction of sp³-hybridized carbons (Fsp3) is 0.0500. The molecule has 24 heavy (non-hydrogen) atoms. The lowest BCUT2D eigenvalue weighted by Crippen LogP contribution is -2.03. The third kappa shape index (κ3) is 2.37. The van der Waals surface area contributed by atoms with E-state index in [9.17, 15) is 4.79 Å².